The Bertz CT molecular complexity index is 289. The predicted octanol–water partition coefficient (Wildman–Crippen LogP) is 2.28. The third kappa shape index (κ3) is 2.51. The molecule has 1 aromatic rings. The Morgan fingerprint density at radius 1 is 1.20 bits per heavy atom. The summed E-state index contributed by atoms with van der Waals surface area (Å²) in [5.74, 6) is 0.491. The zero-order valence-corrected chi connectivity index (χ0v) is 9.26. The van der Waals surface area contributed by atoms with Gasteiger partial charge in [0.05, 0.1) is 6.10 Å². The van der Waals surface area contributed by atoms with Gasteiger partial charge in [0.1, 0.15) is 0 Å². The van der Waals surface area contributed by atoms with E-state index in [1.807, 2.05) is 13.0 Å². The van der Waals surface area contributed by atoms with E-state index in [0.717, 1.165) is 25.9 Å². The normalized spacial score (nSPS) is 20.3. The summed E-state index contributed by atoms with van der Waals surface area (Å²) in [5.41, 5.74) is 1.31. The summed E-state index contributed by atoms with van der Waals surface area (Å²) < 4.78 is 0. The van der Waals surface area contributed by atoms with Crippen LogP contribution in [0.5, 0.6) is 0 Å². The lowest BCUT2D eigenvalue weighted by Gasteiger charge is -2.34. The second-order valence-corrected chi connectivity index (χ2v) is 4.40. The van der Waals surface area contributed by atoms with Gasteiger partial charge < -0.3 is 10.0 Å². The average Bonchev–Trinajstić information content (AvgIpc) is 2.30. The van der Waals surface area contributed by atoms with Gasteiger partial charge in [0.15, 0.2) is 0 Å². The number of aliphatic hydroxyl groups is 1. The molecule has 2 heteroatoms. The molecule has 0 aromatic heterocycles. The number of benzene rings is 1. The third-order valence-electron chi connectivity index (χ3n) is 3.34. The lowest BCUT2D eigenvalue weighted by molar-refractivity contribution is 0.110. The molecule has 1 heterocycles. The quantitative estimate of drug-likeness (QED) is 0.800. The Morgan fingerprint density at radius 3 is 2.33 bits per heavy atom. The maximum atomic E-state index is 9.52. The van der Waals surface area contributed by atoms with Crippen LogP contribution in [0.15, 0.2) is 30.3 Å². The minimum atomic E-state index is -0.150. The van der Waals surface area contributed by atoms with Crippen LogP contribution in [0.4, 0.5) is 5.69 Å². The van der Waals surface area contributed by atoms with Gasteiger partial charge in [-0.3, -0.25) is 0 Å². The molecule has 1 N–H and O–H groups in total. The summed E-state index contributed by atoms with van der Waals surface area (Å²) >= 11 is 0. The zero-order chi connectivity index (χ0) is 10.7. The van der Waals surface area contributed by atoms with Gasteiger partial charge in [0.2, 0.25) is 0 Å². The Balaban J connectivity index is 1.94. The molecule has 1 atom stereocenters. The van der Waals surface area contributed by atoms with Crippen LogP contribution in [0.1, 0.15) is 19.8 Å². The Hall–Kier alpha value is -1.02. The number of aliphatic hydroxyl groups excluding tert-OH is 1. The number of hydrogen-bond donors (Lipinski definition) is 1. The van der Waals surface area contributed by atoms with Gasteiger partial charge in [0, 0.05) is 18.8 Å². The molecule has 0 radical (unpaired) electrons. The molecule has 0 spiro atoms. The van der Waals surface area contributed by atoms with Gasteiger partial charge >= 0.3 is 0 Å². The number of anilines is 1. The van der Waals surface area contributed by atoms with E-state index in [4.69, 9.17) is 0 Å². The summed E-state index contributed by atoms with van der Waals surface area (Å²) in [6.07, 6.45) is 2.06. The van der Waals surface area contributed by atoms with Crippen molar-refractivity contribution in [1.82, 2.24) is 0 Å². The molecule has 1 saturated heterocycles. The molecule has 1 unspecified atom stereocenters. The molecule has 0 amide bonds. The highest BCUT2D eigenvalue weighted by molar-refractivity contribution is 5.46. The highest BCUT2D eigenvalue weighted by Crippen LogP contribution is 2.24. The maximum Gasteiger partial charge on any atom is 0.0541 e. The van der Waals surface area contributed by atoms with Crippen molar-refractivity contribution in [3.8, 4) is 0 Å². The van der Waals surface area contributed by atoms with Crippen molar-refractivity contribution in [3.05, 3.63) is 30.3 Å². The van der Waals surface area contributed by atoms with Crippen molar-refractivity contribution in [2.45, 2.75) is 25.9 Å². The molecule has 0 aliphatic carbocycles. The fourth-order valence-corrected chi connectivity index (χ4v) is 2.28. The van der Waals surface area contributed by atoms with Gasteiger partial charge in [-0.1, -0.05) is 18.2 Å². The number of para-hydroxylation sites is 1. The summed E-state index contributed by atoms with van der Waals surface area (Å²) in [7, 11) is 0. The predicted molar refractivity (Wildman–Crippen MR) is 63.1 cm³/mol. The largest absolute Gasteiger partial charge is 0.393 e. The van der Waals surface area contributed by atoms with Crippen molar-refractivity contribution >= 4 is 5.69 Å². The molecular formula is C13H19NO. The van der Waals surface area contributed by atoms with Crippen LogP contribution in [-0.4, -0.2) is 24.3 Å². The lowest BCUT2D eigenvalue weighted by Crippen LogP contribution is -2.36. The maximum absolute atomic E-state index is 9.52. The Kier molecular flexibility index (Phi) is 3.27. The summed E-state index contributed by atoms with van der Waals surface area (Å²) in [6, 6.07) is 10.5. The van der Waals surface area contributed by atoms with E-state index in [9.17, 15) is 5.11 Å². The number of piperidine rings is 1. The topological polar surface area (TPSA) is 23.5 Å². The van der Waals surface area contributed by atoms with Crippen LogP contribution >= 0.6 is 0 Å². The molecule has 1 aromatic carbocycles. The molecule has 0 saturated carbocycles. The molecule has 1 aliphatic heterocycles. The van der Waals surface area contributed by atoms with E-state index in [1.54, 1.807) is 0 Å². The van der Waals surface area contributed by atoms with Gasteiger partial charge in [-0.15, -0.1) is 0 Å². The minimum Gasteiger partial charge on any atom is -0.393 e. The monoisotopic (exact) mass is 205 g/mol. The van der Waals surface area contributed by atoms with Crippen molar-refractivity contribution in [2.24, 2.45) is 5.92 Å². The van der Waals surface area contributed by atoms with Gasteiger partial charge in [0.25, 0.3) is 0 Å². The number of hydrogen-bond acceptors (Lipinski definition) is 2. The molecule has 2 nitrogen and oxygen atoms in total. The van der Waals surface area contributed by atoms with Crippen molar-refractivity contribution in [1.29, 1.82) is 0 Å². The second kappa shape index (κ2) is 4.67. The molecule has 15 heavy (non-hydrogen) atoms. The average molecular weight is 205 g/mol. The molecular weight excluding hydrogens is 186 g/mol. The van der Waals surface area contributed by atoms with E-state index in [-0.39, 0.29) is 6.10 Å². The van der Waals surface area contributed by atoms with Crippen LogP contribution in [0, 0.1) is 5.92 Å². The van der Waals surface area contributed by atoms with Gasteiger partial charge in [-0.2, -0.15) is 0 Å². The minimum absolute atomic E-state index is 0.150. The highest BCUT2D eigenvalue weighted by atomic mass is 16.3. The first kappa shape index (κ1) is 10.5. The SMILES string of the molecule is CC(O)C1CCN(c2ccccc2)CC1. The zero-order valence-electron chi connectivity index (χ0n) is 9.26. The summed E-state index contributed by atoms with van der Waals surface area (Å²) in [6.45, 7) is 4.04. The van der Waals surface area contributed by atoms with Crippen molar-refractivity contribution in [3.63, 3.8) is 0 Å². The molecule has 1 fully saturated rings. The van der Waals surface area contributed by atoms with Crippen LogP contribution in [0.3, 0.4) is 0 Å². The Labute approximate surface area is 91.5 Å². The fraction of sp³-hybridized carbons (Fsp3) is 0.538. The number of nitrogens with zero attached hydrogens (tertiary/aromatic N) is 1. The fourth-order valence-electron chi connectivity index (χ4n) is 2.28. The van der Waals surface area contributed by atoms with Gasteiger partial charge in [-0.05, 0) is 37.8 Å². The van der Waals surface area contributed by atoms with E-state index in [1.165, 1.54) is 5.69 Å². The van der Waals surface area contributed by atoms with E-state index in [2.05, 4.69) is 29.2 Å². The number of rotatable bonds is 2. The molecule has 1 aliphatic rings. The first-order chi connectivity index (χ1) is 7.27. The van der Waals surface area contributed by atoms with E-state index in [0.29, 0.717) is 5.92 Å². The standard InChI is InChI=1S/C13H19NO/c1-11(15)12-7-9-14(10-8-12)13-5-3-2-4-6-13/h2-6,11-12,15H,7-10H2,1H3. The summed E-state index contributed by atoms with van der Waals surface area (Å²) in [5, 5.41) is 9.52. The molecule has 2 rings (SSSR count). The highest BCUT2D eigenvalue weighted by Gasteiger charge is 2.22. The molecule has 82 valence electrons. The first-order valence-corrected chi connectivity index (χ1v) is 5.75. The third-order valence-corrected chi connectivity index (χ3v) is 3.34. The Morgan fingerprint density at radius 2 is 1.80 bits per heavy atom. The van der Waals surface area contributed by atoms with Crippen LogP contribution in [0.2, 0.25) is 0 Å². The smallest absolute Gasteiger partial charge is 0.0541 e. The van der Waals surface area contributed by atoms with Crippen LogP contribution in [0.25, 0.3) is 0 Å². The van der Waals surface area contributed by atoms with Crippen LogP contribution in [-0.2, 0) is 0 Å². The van der Waals surface area contributed by atoms with Crippen molar-refractivity contribution in [2.75, 3.05) is 18.0 Å². The van der Waals surface area contributed by atoms with E-state index < -0.39 is 0 Å². The van der Waals surface area contributed by atoms with Crippen molar-refractivity contribution < 1.29 is 5.11 Å². The second-order valence-electron chi connectivity index (χ2n) is 4.40. The van der Waals surface area contributed by atoms with Crippen LogP contribution < -0.4 is 4.90 Å². The lowest BCUT2D eigenvalue weighted by atomic mass is 9.92. The van der Waals surface area contributed by atoms with Gasteiger partial charge in [-0.25, -0.2) is 0 Å². The van der Waals surface area contributed by atoms with E-state index >= 15 is 0 Å². The first-order valence-electron chi connectivity index (χ1n) is 5.75. The molecule has 0 bridgehead atoms. The summed E-state index contributed by atoms with van der Waals surface area (Å²) in [4.78, 5) is 2.40.